The van der Waals surface area contributed by atoms with Gasteiger partial charge >= 0.3 is 6.18 Å². The van der Waals surface area contributed by atoms with Gasteiger partial charge in [-0.15, -0.1) is 0 Å². The number of carbonyl (C=O) groups is 1. The van der Waals surface area contributed by atoms with Gasteiger partial charge in [0.1, 0.15) is 19.1 Å². The highest BCUT2D eigenvalue weighted by atomic mass is 19.4. The number of nitrogens with zero attached hydrogens (tertiary/aromatic N) is 2. The van der Waals surface area contributed by atoms with Gasteiger partial charge < -0.3 is 4.74 Å². The molecule has 0 saturated carbocycles. The van der Waals surface area contributed by atoms with Gasteiger partial charge in [0.25, 0.3) is 0 Å². The number of halogens is 5. The number of imidazole rings is 1. The highest BCUT2D eigenvalue weighted by molar-refractivity contribution is 5.87. The standard InChI is InChI=1S/C16H15F5N2O2/c1-15(8-17,9-18)13(24)14(23-6-5-22-10-23)25-12-4-2-3-11(7-12)16(19,20)21/h2-7,10,14H,8-9H2,1H3. The second-order valence-corrected chi connectivity index (χ2v) is 5.70. The predicted molar refractivity (Wildman–Crippen MR) is 78.4 cm³/mol. The van der Waals surface area contributed by atoms with Crippen molar-refractivity contribution < 1.29 is 31.5 Å². The van der Waals surface area contributed by atoms with Gasteiger partial charge in [0.15, 0.2) is 0 Å². The first-order valence-electron chi connectivity index (χ1n) is 7.19. The Hall–Kier alpha value is -2.45. The van der Waals surface area contributed by atoms with Crippen LogP contribution in [0.5, 0.6) is 5.75 Å². The predicted octanol–water partition coefficient (Wildman–Crippen LogP) is 3.99. The molecule has 2 rings (SSSR count). The topological polar surface area (TPSA) is 44.1 Å². The highest BCUT2D eigenvalue weighted by Crippen LogP contribution is 2.33. The fraction of sp³-hybridized carbons (Fsp3) is 0.375. The van der Waals surface area contributed by atoms with E-state index in [-0.39, 0.29) is 5.75 Å². The van der Waals surface area contributed by atoms with Crippen LogP contribution in [-0.2, 0) is 11.0 Å². The fourth-order valence-corrected chi connectivity index (χ4v) is 2.00. The number of Topliss-reactive ketones (excluding diaryl/α,β-unsaturated/α-hetero) is 1. The van der Waals surface area contributed by atoms with Gasteiger partial charge in [-0.05, 0) is 25.1 Å². The molecule has 0 saturated heterocycles. The largest absolute Gasteiger partial charge is 0.463 e. The average Bonchev–Trinajstić information content (AvgIpc) is 3.12. The maximum atomic E-state index is 13.2. The first-order valence-corrected chi connectivity index (χ1v) is 7.19. The van der Waals surface area contributed by atoms with E-state index in [0.29, 0.717) is 6.07 Å². The normalized spacial score (nSPS) is 13.5. The summed E-state index contributed by atoms with van der Waals surface area (Å²) in [5.74, 6) is -1.21. The molecule has 0 aliphatic heterocycles. The summed E-state index contributed by atoms with van der Waals surface area (Å²) in [4.78, 5) is 16.3. The highest BCUT2D eigenvalue weighted by Gasteiger charge is 2.41. The van der Waals surface area contributed by atoms with Crippen molar-refractivity contribution in [3.8, 4) is 5.75 Å². The van der Waals surface area contributed by atoms with Crippen molar-refractivity contribution in [2.75, 3.05) is 13.3 Å². The average molecular weight is 362 g/mol. The van der Waals surface area contributed by atoms with Crippen LogP contribution < -0.4 is 4.74 Å². The lowest BCUT2D eigenvalue weighted by molar-refractivity contribution is -0.141. The van der Waals surface area contributed by atoms with Crippen LogP contribution in [0.4, 0.5) is 22.0 Å². The van der Waals surface area contributed by atoms with Gasteiger partial charge in [0, 0.05) is 12.4 Å². The van der Waals surface area contributed by atoms with E-state index in [1.165, 1.54) is 24.8 Å². The van der Waals surface area contributed by atoms with Gasteiger partial charge in [-0.3, -0.25) is 9.36 Å². The van der Waals surface area contributed by atoms with Gasteiger partial charge in [0.05, 0.1) is 17.3 Å². The number of hydrogen-bond acceptors (Lipinski definition) is 3. The monoisotopic (exact) mass is 362 g/mol. The molecule has 0 radical (unpaired) electrons. The third-order valence-corrected chi connectivity index (χ3v) is 3.61. The molecule has 1 atom stereocenters. The van der Waals surface area contributed by atoms with E-state index in [1.807, 2.05) is 0 Å². The minimum atomic E-state index is -4.60. The third-order valence-electron chi connectivity index (χ3n) is 3.61. The summed E-state index contributed by atoms with van der Waals surface area (Å²) in [7, 11) is 0. The molecule has 136 valence electrons. The summed E-state index contributed by atoms with van der Waals surface area (Å²) >= 11 is 0. The van der Waals surface area contributed by atoms with Gasteiger partial charge in [-0.2, -0.15) is 13.2 Å². The number of ketones is 1. The minimum absolute atomic E-state index is 0.262. The SMILES string of the molecule is CC(CF)(CF)C(=O)C(Oc1cccc(C(F)(F)F)c1)n1ccnc1. The van der Waals surface area contributed by atoms with Crippen LogP contribution in [0.1, 0.15) is 18.7 Å². The zero-order valence-electron chi connectivity index (χ0n) is 13.1. The van der Waals surface area contributed by atoms with E-state index in [4.69, 9.17) is 4.74 Å². The van der Waals surface area contributed by atoms with Crippen molar-refractivity contribution >= 4 is 5.78 Å². The maximum absolute atomic E-state index is 13.2. The van der Waals surface area contributed by atoms with Crippen molar-refractivity contribution in [3.63, 3.8) is 0 Å². The van der Waals surface area contributed by atoms with Crippen LogP contribution in [0, 0.1) is 5.41 Å². The quantitative estimate of drug-likeness (QED) is 0.700. The molecule has 2 aromatic rings. The summed E-state index contributed by atoms with van der Waals surface area (Å²) in [5.41, 5.74) is -2.95. The Balaban J connectivity index is 2.37. The van der Waals surface area contributed by atoms with E-state index < -0.39 is 42.5 Å². The number of carbonyl (C=O) groups excluding carboxylic acids is 1. The van der Waals surface area contributed by atoms with E-state index in [1.54, 1.807) is 0 Å². The third kappa shape index (κ3) is 4.15. The smallest absolute Gasteiger partial charge is 0.416 e. The van der Waals surface area contributed by atoms with Crippen LogP contribution in [0.3, 0.4) is 0 Å². The molecule has 1 heterocycles. The Kier molecular flexibility index (Phi) is 5.44. The van der Waals surface area contributed by atoms with Gasteiger partial charge in [0.2, 0.25) is 12.0 Å². The molecule has 0 aliphatic carbocycles. The lowest BCUT2D eigenvalue weighted by atomic mass is 9.87. The summed E-state index contributed by atoms with van der Waals surface area (Å²) in [6, 6.07) is 3.87. The van der Waals surface area contributed by atoms with Crippen molar-refractivity contribution in [2.45, 2.75) is 19.3 Å². The first kappa shape index (κ1) is 18.9. The van der Waals surface area contributed by atoms with Crippen molar-refractivity contribution in [3.05, 3.63) is 48.5 Å². The van der Waals surface area contributed by atoms with Gasteiger partial charge in [-0.1, -0.05) is 6.07 Å². The lowest BCUT2D eigenvalue weighted by Gasteiger charge is -2.28. The van der Waals surface area contributed by atoms with E-state index in [0.717, 1.165) is 23.6 Å². The van der Waals surface area contributed by atoms with Crippen molar-refractivity contribution in [2.24, 2.45) is 5.41 Å². The second kappa shape index (κ2) is 7.20. The molecule has 1 unspecified atom stereocenters. The Morgan fingerprint density at radius 1 is 1.28 bits per heavy atom. The molecule has 0 fully saturated rings. The molecule has 0 N–H and O–H groups in total. The Morgan fingerprint density at radius 3 is 2.48 bits per heavy atom. The molecule has 9 heteroatoms. The molecule has 1 aromatic carbocycles. The van der Waals surface area contributed by atoms with Gasteiger partial charge in [-0.25, -0.2) is 13.8 Å². The fourth-order valence-electron chi connectivity index (χ4n) is 2.00. The number of ether oxygens (including phenoxy) is 1. The number of aromatic nitrogens is 2. The molecule has 25 heavy (non-hydrogen) atoms. The number of benzene rings is 1. The Labute approximate surface area is 140 Å². The summed E-state index contributed by atoms with van der Waals surface area (Å²) in [6.07, 6.45) is -2.36. The van der Waals surface area contributed by atoms with Crippen LogP contribution in [0.2, 0.25) is 0 Å². The van der Waals surface area contributed by atoms with Crippen LogP contribution in [0.25, 0.3) is 0 Å². The number of rotatable bonds is 7. The summed E-state index contributed by atoms with van der Waals surface area (Å²) in [6.45, 7) is -1.48. The molecule has 0 amide bonds. The molecule has 4 nitrogen and oxygen atoms in total. The molecule has 0 spiro atoms. The summed E-state index contributed by atoms with van der Waals surface area (Å²) < 4.78 is 71.2. The molecule has 0 aliphatic rings. The maximum Gasteiger partial charge on any atom is 0.416 e. The molecule has 0 bridgehead atoms. The van der Waals surface area contributed by atoms with Crippen molar-refractivity contribution in [1.82, 2.24) is 9.55 Å². The first-order chi connectivity index (χ1) is 11.7. The van der Waals surface area contributed by atoms with E-state index in [9.17, 15) is 26.7 Å². The second-order valence-electron chi connectivity index (χ2n) is 5.70. The molecular formula is C16H15F5N2O2. The summed E-state index contributed by atoms with van der Waals surface area (Å²) in [5, 5.41) is 0. The Bertz CT molecular complexity index is 712. The van der Waals surface area contributed by atoms with Crippen LogP contribution >= 0.6 is 0 Å². The molecule has 1 aromatic heterocycles. The minimum Gasteiger partial charge on any atom is -0.463 e. The van der Waals surface area contributed by atoms with E-state index in [2.05, 4.69) is 4.98 Å². The van der Waals surface area contributed by atoms with Crippen molar-refractivity contribution in [1.29, 1.82) is 0 Å². The Morgan fingerprint density at radius 2 is 1.96 bits per heavy atom. The van der Waals surface area contributed by atoms with Crippen LogP contribution in [-0.4, -0.2) is 28.7 Å². The molecular weight excluding hydrogens is 347 g/mol. The zero-order valence-corrected chi connectivity index (χ0v) is 13.1. The zero-order chi connectivity index (χ0) is 18.7. The number of hydrogen-bond donors (Lipinski definition) is 0. The van der Waals surface area contributed by atoms with E-state index >= 15 is 0 Å². The lowest BCUT2D eigenvalue weighted by Crippen LogP contribution is -2.40. The van der Waals surface area contributed by atoms with Crippen LogP contribution in [0.15, 0.2) is 43.0 Å². The number of alkyl halides is 5.